The van der Waals surface area contributed by atoms with Gasteiger partial charge in [-0.15, -0.1) is 0 Å². The molecule has 2 aliphatic rings. The predicted octanol–water partition coefficient (Wildman–Crippen LogP) is 1.95. The number of esters is 1. The number of sulfonamides is 1. The lowest BCUT2D eigenvalue weighted by Crippen LogP contribution is -2.59. The van der Waals surface area contributed by atoms with Crippen molar-refractivity contribution in [3.8, 4) is 0 Å². The van der Waals surface area contributed by atoms with Crippen LogP contribution in [0.2, 0.25) is 5.02 Å². The molecule has 2 N–H and O–H groups in total. The maximum absolute atomic E-state index is 13.2. The van der Waals surface area contributed by atoms with E-state index in [2.05, 4.69) is 14.9 Å². The van der Waals surface area contributed by atoms with Gasteiger partial charge in [-0.3, -0.25) is 9.59 Å². The molecule has 2 heterocycles. The summed E-state index contributed by atoms with van der Waals surface area (Å²) in [5, 5.41) is 2.64. The number of ether oxygens (including phenoxy) is 1. The van der Waals surface area contributed by atoms with Crippen LogP contribution in [0.1, 0.15) is 18.4 Å². The van der Waals surface area contributed by atoms with Crippen molar-refractivity contribution >= 4 is 45.2 Å². The third-order valence-corrected chi connectivity index (χ3v) is 9.33. The number of rotatable bonds is 7. The Balaban J connectivity index is 1.42. The first kappa shape index (κ1) is 28.7. The summed E-state index contributed by atoms with van der Waals surface area (Å²) in [4.78, 5) is 43.8. The van der Waals surface area contributed by atoms with Crippen LogP contribution in [0.25, 0.3) is 0 Å². The number of likely N-dealkylation sites (N-methyl/N-ethyl adjacent to an activating group) is 1. The summed E-state index contributed by atoms with van der Waals surface area (Å²) in [5.41, 5.74) is 0.598. The Labute approximate surface area is 233 Å². The summed E-state index contributed by atoms with van der Waals surface area (Å²) < 4.78 is 33.1. The molecule has 2 saturated heterocycles. The third-order valence-electron chi connectivity index (χ3n) is 7.23. The molecule has 3 amide bonds. The lowest BCUT2D eigenvalue weighted by atomic mass is 9.85. The number of para-hydroxylation sites is 1. The van der Waals surface area contributed by atoms with Crippen molar-refractivity contribution in [2.24, 2.45) is 0 Å². The van der Waals surface area contributed by atoms with Crippen molar-refractivity contribution in [3.63, 3.8) is 0 Å². The predicted molar refractivity (Wildman–Crippen MR) is 146 cm³/mol. The smallest absolute Gasteiger partial charge is 0.325 e. The highest BCUT2D eigenvalue weighted by atomic mass is 35.5. The number of urea groups is 1. The number of carbonyl (C=O) groups is 3. The molecule has 39 heavy (non-hydrogen) atoms. The summed E-state index contributed by atoms with van der Waals surface area (Å²) in [7, 11) is -1.31. The van der Waals surface area contributed by atoms with Gasteiger partial charge in [0, 0.05) is 32.4 Å². The van der Waals surface area contributed by atoms with Gasteiger partial charge in [0.1, 0.15) is 16.5 Å². The van der Waals surface area contributed by atoms with Gasteiger partial charge in [0.15, 0.2) is 0 Å². The molecule has 2 aromatic carbocycles. The van der Waals surface area contributed by atoms with Gasteiger partial charge in [0.2, 0.25) is 15.9 Å². The molecular weight excluding hydrogens is 546 g/mol. The first-order chi connectivity index (χ1) is 18.5. The van der Waals surface area contributed by atoms with E-state index in [0.29, 0.717) is 38.2 Å². The average Bonchev–Trinajstić information content (AvgIpc) is 3.15. The number of amides is 3. The number of piperidine rings is 1. The Kier molecular flexibility index (Phi) is 8.38. The van der Waals surface area contributed by atoms with E-state index in [4.69, 9.17) is 16.3 Å². The third kappa shape index (κ3) is 5.68. The lowest BCUT2D eigenvalue weighted by Gasteiger charge is -2.43. The fraction of sp³-hybridized carbons (Fsp3) is 0.423. The van der Waals surface area contributed by atoms with Crippen molar-refractivity contribution in [3.05, 3.63) is 59.1 Å². The lowest BCUT2D eigenvalue weighted by molar-refractivity contribution is -0.142. The molecule has 1 unspecified atom stereocenters. The minimum Gasteiger partial charge on any atom is -0.468 e. The van der Waals surface area contributed by atoms with E-state index in [0.717, 1.165) is 12.8 Å². The number of halogens is 1. The molecule has 0 saturated carbocycles. The normalized spacial score (nSPS) is 17.8. The van der Waals surface area contributed by atoms with Crippen molar-refractivity contribution in [2.45, 2.75) is 36.2 Å². The van der Waals surface area contributed by atoms with E-state index in [-0.39, 0.29) is 22.4 Å². The summed E-state index contributed by atoms with van der Waals surface area (Å²) in [6, 6.07) is 12.5. The second-order valence-corrected chi connectivity index (χ2v) is 11.8. The minimum absolute atomic E-state index is 0.00838. The molecule has 0 radical (unpaired) electrons. The molecule has 2 fully saturated rings. The van der Waals surface area contributed by atoms with Gasteiger partial charge in [0.05, 0.1) is 18.8 Å². The SMILES string of the molecule is COC(=O)C(CNC(=O)N1CCC2(CC1)C(=O)N(C)CN2c1ccccc1)NS(=O)(=O)c1c(C)cccc1Cl. The van der Waals surface area contributed by atoms with Gasteiger partial charge < -0.3 is 24.8 Å². The zero-order chi connectivity index (χ0) is 28.4. The van der Waals surface area contributed by atoms with Crippen molar-refractivity contribution in [1.82, 2.24) is 19.8 Å². The van der Waals surface area contributed by atoms with E-state index in [9.17, 15) is 22.8 Å². The fourth-order valence-corrected chi connectivity index (χ4v) is 7.22. The van der Waals surface area contributed by atoms with Crippen LogP contribution in [0.15, 0.2) is 53.4 Å². The molecule has 1 spiro atoms. The first-order valence-corrected chi connectivity index (χ1v) is 14.3. The summed E-state index contributed by atoms with van der Waals surface area (Å²) >= 11 is 6.12. The quantitative estimate of drug-likeness (QED) is 0.481. The fourth-order valence-electron chi connectivity index (χ4n) is 5.20. The maximum atomic E-state index is 13.2. The molecule has 1 atom stereocenters. The number of likely N-dealkylation sites (tertiary alicyclic amines) is 1. The van der Waals surface area contributed by atoms with Gasteiger partial charge in [-0.2, -0.15) is 4.72 Å². The number of aryl methyl sites for hydroxylation is 1. The molecule has 210 valence electrons. The largest absolute Gasteiger partial charge is 0.468 e. The molecule has 0 bridgehead atoms. The van der Waals surface area contributed by atoms with E-state index in [1.807, 2.05) is 30.3 Å². The van der Waals surface area contributed by atoms with Crippen molar-refractivity contribution in [1.29, 1.82) is 0 Å². The summed E-state index contributed by atoms with van der Waals surface area (Å²) in [6.07, 6.45) is 0.856. The highest BCUT2D eigenvalue weighted by Gasteiger charge is 2.53. The van der Waals surface area contributed by atoms with Gasteiger partial charge >= 0.3 is 12.0 Å². The molecule has 2 aromatic rings. The van der Waals surface area contributed by atoms with Crippen LogP contribution < -0.4 is 14.9 Å². The maximum Gasteiger partial charge on any atom is 0.325 e. The number of methoxy groups -OCH3 is 1. The molecule has 0 aliphatic carbocycles. The Morgan fingerprint density at radius 1 is 1.10 bits per heavy atom. The van der Waals surface area contributed by atoms with Crippen LogP contribution in [-0.2, 0) is 24.3 Å². The van der Waals surface area contributed by atoms with Gasteiger partial charge in [-0.25, -0.2) is 13.2 Å². The zero-order valence-corrected chi connectivity index (χ0v) is 23.6. The van der Waals surface area contributed by atoms with E-state index in [1.54, 1.807) is 35.9 Å². The van der Waals surface area contributed by atoms with Crippen LogP contribution >= 0.6 is 11.6 Å². The van der Waals surface area contributed by atoms with Crippen molar-refractivity contribution in [2.75, 3.05) is 45.4 Å². The Bertz CT molecular complexity index is 1330. The molecule has 13 heteroatoms. The molecule has 4 rings (SSSR count). The molecule has 2 aliphatic heterocycles. The van der Waals surface area contributed by atoms with Gasteiger partial charge in [-0.05, 0) is 43.5 Å². The average molecular weight is 578 g/mol. The number of hydrogen-bond acceptors (Lipinski definition) is 7. The van der Waals surface area contributed by atoms with Crippen LogP contribution in [0, 0.1) is 6.92 Å². The number of carbonyl (C=O) groups excluding carboxylic acids is 3. The summed E-state index contributed by atoms with van der Waals surface area (Å²) in [6.45, 7) is 2.32. The number of anilines is 1. The van der Waals surface area contributed by atoms with Crippen LogP contribution in [0.4, 0.5) is 10.5 Å². The summed E-state index contributed by atoms with van der Waals surface area (Å²) in [5.74, 6) is -0.847. The standard InChI is InChI=1S/C26H32ClN5O6S/c1-18-8-7-11-20(27)22(18)39(36,37)29-21(23(33)38-3)16-28-25(35)31-14-12-26(13-15-31)24(34)30(2)17-32(26)19-9-5-4-6-10-19/h4-11,21,29H,12-17H2,1-3H3,(H,28,35). The zero-order valence-electron chi connectivity index (χ0n) is 22.0. The molecular formula is C26H32ClN5O6S. The van der Waals surface area contributed by atoms with Crippen LogP contribution in [0.5, 0.6) is 0 Å². The van der Waals surface area contributed by atoms with Crippen LogP contribution in [0.3, 0.4) is 0 Å². The number of nitrogens with zero attached hydrogens (tertiary/aromatic N) is 3. The topological polar surface area (TPSA) is 128 Å². The van der Waals surface area contributed by atoms with Crippen LogP contribution in [-0.4, -0.2) is 88.2 Å². The van der Waals surface area contributed by atoms with Crippen molar-refractivity contribution < 1.29 is 27.5 Å². The Hall–Kier alpha value is -3.35. The van der Waals surface area contributed by atoms with E-state index in [1.165, 1.54) is 6.07 Å². The highest BCUT2D eigenvalue weighted by Crippen LogP contribution is 2.38. The van der Waals surface area contributed by atoms with E-state index < -0.39 is 33.6 Å². The second-order valence-electron chi connectivity index (χ2n) is 9.70. The molecule has 0 aromatic heterocycles. The number of nitrogens with one attached hydrogen (secondary N) is 2. The van der Waals surface area contributed by atoms with E-state index >= 15 is 0 Å². The first-order valence-electron chi connectivity index (χ1n) is 12.5. The minimum atomic E-state index is -4.20. The second kappa shape index (κ2) is 11.4. The molecule has 11 nitrogen and oxygen atoms in total. The van der Waals surface area contributed by atoms with Gasteiger partial charge in [0.25, 0.3) is 0 Å². The van der Waals surface area contributed by atoms with Gasteiger partial charge in [-0.1, -0.05) is 41.9 Å². The highest BCUT2D eigenvalue weighted by molar-refractivity contribution is 7.89. The number of hydrogen-bond donors (Lipinski definition) is 2. The number of benzene rings is 2. The Morgan fingerprint density at radius 3 is 2.38 bits per heavy atom. The monoisotopic (exact) mass is 577 g/mol. The Morgan fingerprint density at radius 2 is 1.77 bits per heavy atom.